The number of amides is 2. The maximum atomic E-state index is 12.6. The summed E-state index contributed by atoms with van der Waals surface area (Å²) in [6.07, 6.45) is 3.41. The molecule has 25 heavy (non-hydrogen) atoms. The van der Waals surface area contributed by atoms with Crippen LogP contribution in [0.2, 0.25) is 0 Å². The molecule has 1 aromatic carbocycles. The largest absolute Gasteiger partial charge is 0.355 e. The highest BCUT2D eigenvalue weighted by atomic mass is 16.2. The SMILES string of the molecule is CC(=O)NCCNC(=O)c1cc(-c2cccnc2)nc2ccccc12. The first-order valence-corrected chi connectivity index (χ1v) is 7.98. The molecule has 6 nitrogen and oxygen atoms in total. The summed E-state index contributed by atoms with van der Waals surface area (Å²) in [5.74, 6) is -0.323. The van der Waals surface area contributed by atoms with Gasteiger partial charge in [0.25, 0.3) is 5.91 Å². The summed E-state index contributed by atoms with van der Waals surface area (Å²) in [6.45, 7) is 2.19. The Kier molecular flexibility index (Phi) is 4.99. The molecule has 126 valence electrons. The minimum absolute atomic E-state index is 0.123. The van der Waals surface area contributed by atoms with Crippen LogP contribution in [-0.2, 0) is 4.79 Å². The molecule has 0 spiro atoms. The molecule has 3 rings (SSSR count). The Balaban J connectivity index is 1.93. The number of hydrogen-bond donors (Lipinski definition) is 2. The predicted octanol–water partition coefficient (Wildman–Crippen LogP) is 2.16. The summed E-state index contributed by atoms with van der Waals surface area (Å²) >= 11 is 0. The lowest BCUT2D eigenvalue weighted by Gasteiger charge is -2.10. The van der Waals surface area contributed by atoms with Crippen LogP contribution >= 0.6 is 0 Å². The summed E-state index contributed by atoms with van der Waals surface area (Å²) in [4.78, 5) is 32.3. The van der Waals surface area contributed by atoms with E-state index in [9.17, 15) is 9.59 Å². The number of aromatic nitrogens is 2. The number of carbonyl (C=O) groups is 2. The molecule has 0 unspecified atom stereocenters. The maximum absolute atomic E-state index is 12.6. The maximum Gasteiger partial charge on any atom is 0.252 e. The van der Waals surface area contributed by atoms with Crippen molar-refractivity contribution in [3.8, 4) is 11.3 Å². The van der Waals surface area contributed by atoms with Crippen molar-refractivity contribution < 1.29 is 9.59 Å². The van der Waals surface area contributed by atoms with Gasteiger partial charge in [-0.3, -0.25) is 14.6 Å². The van der Waals surface area contributed by atoms with E-state index in [2.05, 4.69) is 20.6 Å². The highest BCUT2D eigenvalue weighted by Crippen LogP contribution is 2.24. The van der Waals surface area contributed by atoms with E-state index in [-0.39, 0.29) is 11.8 Å². The molecular formula is C19H18N4O2. The number of rotatable bonds is 5. The lowest BCUT2D eigenvalue weighted by atomic mass is 10.0. The Morgan fingerprint density at radius 2 is 1.84 bits per heavy atom. The number of benzene rings is 1. The van der Waals surface area contributed by atoms with Gasteiger partial charge in [-0.1, -0.05) is 18.2 Å². The first-order chi connectivity index (χ1) is 12.1. The van der Waals surface area contributed by atoms with Crippen molar-refractivity contribution in [3.63, 3.8) is 0 Å². The molecule has 0 aliphatic carbocycles. The number of nitrogens with zero attached hydrogens (tertiary/aromatic N) is 2. The first kappa shape index (κ1) is 16.6. The van der Waals surface area contributed by atoms with Crippen LogP contribution in [0.3, 0.4) is 0 Å². The van der Waals surface area contributed by atoms with Crippen molar-refractivity contribution in [1.29, 1.82) is 0 Å². The van der Waals surface area contributed by atoms with E-state index in [1.807, 2.05) is 36.4 Å². The number of pyridine rings is 2. The fraction of sp³-hybridized carbons (Fsp3) is 0.158. The molecule has 0 fully saturated rings. The molecular weight excluding hydrogens is 316 g/mol. The van der Waals surface area contributed by atoms with E-state index in [0.29, 0.717) is 24.3 Å². The van der Waals surface area contributed by atoms with Gasteiger partial charge in [0.05, 0.1) is 16.8 Å². The highest BCUT2D eigenvalue weighted by Gasteiger charge is 2.13. The zero-order chi connectivity index (χ0) is 17.6. The summed E-state index contributed by atoms with van der Waals surface area (Å²) in [5, 5.41) is 6.26. The third-order valence-electron chi connectivity index (χ3n) is 3.70. The van der Waals surface area contributed by atoms with Gasteiger partial charge in [0.1, 0.15) is 0 Å². The van der Waals surface area contributed by atoms with Gasteiger partial charge < -0.3 is 10.6 Å². The Hall–Kier alpha value is -3.28. The molecule has 0 saturated heterocycles. The molecule has 0 bridgehead atoms. The molecule has 6 heteroatoms. The van der Waals surface area contributed by atoms with Gasteiger partial charge in [-0.15, -0.1) is 0 Å². The number of hydrogen-bond acceptors (Lipinski definition) is 4. The summed E-state index contributed by atoms with van der Waals surface area (Å²) in [5.41, 5.74) is 2.84. The van der Waals surface area contributed by atoms with Crippen LogP contribution < -0.4 is 10.6 Å². The standard InChI is InChI=1S/C19H18N4O2/c1-13(24)21-9-10-22-19(25)16-11-18(14-5-4-8-20-12-14)23-17-7-3-2-6-15(16)17/h2-8,11-12H,9-10H2,1H3,(H,21,24)(H,22,25). The van der Waals surface area contributed by atoms with Crippen molar-refractivity contribution in [3.05, 3.63) is 60.4 Å². The second kappa shape index (κ2) is 7.53. The number of carbonyl (C=O) groups excluding carboxylic acids is 2. The third-order valence-corrected chi connectivity index (χ3v) is 3.70. The number of nitrogens with one attached hydrogen (secondary N) is 2. The van der Waals surface area contributed by atoms with Crippen molar-refractivity contribution in [2.24, 2.45) is 0 Å². The van der Waals surface area contributed by atoms with Crippen molar-refractivity contribution in [2.75, 3.05) is 13.1 Å². The van der Waals surface area contributed by atoms with E-state index in [4.69, 9.17) is 0 Å². The molecule has 0 atom stereocenters. The van der Waals surface area contributed by atoms with Crippen LogP contribution in [0.15, 0.2) is 54.9 Å². The Morgan fingerprint density at radius 1 is 1.04 bits per heavy atom. The zero-order valence-corrected chi connectivity index (χ0v) is 13.8. The summed E-state index contributed by atoms with van der Waals surface area (Å²) < 4.78 is 0. The van der Waals surface area contributed by atoms with Crippen LogP contribution in [0.25, 0.3) is 22.2 Å². The van der Waals surface area contributed by atoms with Gasteiger partial charge in [-0.2, -0.15) is 0 Å². The quantitative estimate of drug-likeness (QED) is 0.700. The average molecular weight is 334 g/mol. The van der Waals surface area contributed by atoms with Crippen LogP contribution in [0, 0.1) is 0 Å². The number of fused-ring (bicyclic) bond motifs is 1. The lowest BCUT2D eigenvalue weighted by molar-refractivity contribution is -0.118. The molecule has 0 radical (unpaired) electrons. The van der Waals surface area contributed by atoms with E-state index >= 15 is 0 Å². The Bertz CT molecular complexity index is 910. The average Bonchev–Trinajstić information content (AvgIpc) is 2.64. The van der Waals surface area contributed by atoms with E-state index in [1.54, 1.807) is 18.5 Å². The fourth-order valence-electron chi connectivity index (χ4n) is 2.54. The lowest BCUT2D eigenvalue weighted by Crippen LogP contribution is -2.33. The van der Waals surface area contributed by atoms with Crippen LogP contribution in [0.5, 0.6) is 0 Å². The third kappa shape index (κ3) is 3.98. The zero-order valence-electron chi connectivity index (χ0n) is 13.8. The molecule has 2 aromatic heterocycles. The molecule has 2 amide bonds. The van der Waals surface area contributed by atoms with E-state index in [0.717, 1.165) is 16.5 Å². The molecule has 3 aromatic rings. The number of para-hydroxylation sites is 1. The van der Waals surface area contributed by atoms with Gasteiger partial charge >= 0.3 is 0 Å². The minimum atomic E-state index is -0.200. The van der Waals surface area contributed by atoms with Gasteiger partial charge in [-0.25, -0.2) is 4.98 Å². The fourth-order valence-corrected chi connectivity index (χ4v) is 2.54. The molecule has 0 aliphatic heterocycles. The smallest absolute Gasteiger partial charge is 0.252 e. The highest BCUT2D eigenvalue weighted by molar-refractivity contribution is 6.07. The second-order valence-corrected chi connectivity index (χ2v) is 5.55. The van der Waals surface area contributed by atoms with Crippen molar-refractivity contribution in [1.82, 2.24) is 20.6 Å². The first-order valence-electron chi connectivity index (χ1n) is 7.98. The minimum Gasteiger partial charge on any atom is -0.355 e. The van der Waals surface area contributed by atoms with Crippen LogP contribution in [0.4, 0.5) is 0 Å². The summed E-state index contributed by atoms with van der Waals surface area (Å²) in [7, 11) is 0. The summed E-state index contributed by atoms with van der Waals surface area (Å²) in [6, 6.07) is 13.0. The molecule has 0 saturated carbocycles. The topological polar surface area (TPSA) is 84.0 Å². The van der Waals surface area contributed by atoms with E-state index < -0.39 is 0 Å². The van der Waals surface area contributed by atoms with Crippen LogP contribution in [-0.4, -0.2) is 34.9 Å². The normalized spacial score (nSPS) is 10.4. The van der Waals surface area contributed by atoms with Crippen molar-refractivity contribution in [2.45, 2.75) is 6.92 Å². The molecule has 2 N–H and O–H groups in total. The van der Waals surface area contributed by atoms with Gasteiger partial charge in [0.2, 0.25) is 5.91 Å². The molecule has 0 aliphatic rings. The van der Waals surface area contributed by atoms with Crippen molar-refractivity contribution >= 4 is 22.7 Å². The monoisotopic (exact) mass is 334 g/mol. The van der Waals surface area contributed by atoms with Gasteiger partial charge in [0, 0.05) is 43.4 Å². The second-order valence-electron chi connectivity index (χ2n) is 5.55. The Morgan fingerprint density at radius 3 is 2.60 bits per heavy atom. The van der Waals surface area contributed by atoms with Gasteiger partial charge in [-0.05, 0) is 24.3 Å². The molecule has 2 heterocycles. The van der Waals surface area contributed by atoms with Gasteiger partial charge in [0.15, 0.2) is 0 Å². The predicted molar refractivity (Wildman–Crippen MR) is 96.0 cm³/mol. The Labute approximate surface area is 145 Å². The van der Waals surface area contributed by atoms with Crippen LogP contribution in [0.1, 0.15) is 17.3 Å². The van der Waals surface area contributed by atoms with E-state index in [1.165, 1.54) is 6.92 Å².